The number of phosphoric acid groups is 1. The highest BCUT2D eigenvalue weighted by Crippen LogP contribution is 2.47. The number of esters is 2. The van der Waals surface area contributed by atoms with E-state index in [0.717, 1.165) is 83.5 Å². The molecule has 1 aliphatic carbocycles. The molecule has 1 saturated carbocycles. The van der Waals surface area contributed by atoms with Crippen LogP contribution in [0.3, 0.4) is 0 Å². The van der Waals surface area contributed by atoms with E-state index in [1.165, 1.54) is 57.8 Å². The number of carbonyl (C=O) groups is 2. The molecule has 352 valence electrons. The average Bonchev–Trinajstić information content (AvgIpc) is 3.22. The number of ether oxygens (including phenoxy) is 2. The summed E-state index contributed by atoms with van der Waals surface area (Å²) in [5, 5.41) is 60.3. The molecule has 0 aromatic heterocycles. The lowest BCUT2D eigenvalue weighted by Gasteiger charge is -2.41. The summed E-state index contributed by atoms with van der Waals surface area (Å²) < 4.78 is 33.5. The first-order valence-electron chi connectivity index (χ1n) is 23.2. The maximum atomic E-state index is 12.8. The van der Waals surface area contributed by atoms with Gasteiger partial charge < -0.3 is 45.0 Å². The fourth-order valence-corrected chi connectivity index (χ4v) is 7.97. The van der Waals surface area contributed by atoms with Crippen LogP contribution in [-0.2, 0) is 32.7 Å². The van der Waals surface area contributed by atoms with E-state index in [9.17, 15) is 49.7 Å². The van der Waals surface area contributed by atoms with Crippen molar-refractivity contribution in [2.24, 2.45) is 0 Å². The molecule has 14 nitrogen and oxygen atoms in total. The highest BCUT2D eigenvalue weighted by Gasteiger charge is 2.51. The molecule has 0 bridgehead atoms. The Morgan fingerprint density at radius 1 is 0.567 bits per heavy atom. The van der Waals surface area contributed by atoms with Crippen LogP contribution in [0, 0.1) is 0 Å². The van der Waals surface area contributed by atoms with Gasteiger partial charge in [0.25, 0.3) is 0 Å². The van der Waals surface area contributed by atoms with Crippen LogP contribution in [-0.4, -0.2) is 110 Å². The Morgan fingerprint density at radius 2 is 1.00 bits per heavy atom. The predicted molar refractivity (Wildman–Crippen MR) is 232 cm³/mol. The van der Waals surface area contributed by atoms with Crippen molar-refractivity contribution in [1.29, 1.82) is 0 Å². The van der Waals surface area contributed by atoms with Crippen LogP contribution < -0.4 is 0 Å². The molecule has 0 radical (unpaired) electrons. The molecule has 0 saturated heterocycles. The zero-order valence-electron chi connectivity index (χ0n) is 36.9. The van der Waals surface area contributed by atoms with Crippen LogP contribution in [0.4, 0.5) is 0 Å². The number of phosphoric ester groups is 1. The second-order valence-electron chi connectivity index (χ2n) is 16.4. The monoisotopic (exact) mass is 879 g/mol. The van der Waals surface area contributed by atoms with Gasteiger partial charge in [0.05, 0.1) is 12.7 Å². The summed E-state index contributed by atoms with van der Waals surface area (Å²) in [4.78, 5) is 35.7. The first-order chi connectivity index (χ1) is 28.8. The lowest BCUT2D eigenvalue weighted by Crippen LogP contribution is -2.64. The average molecular weight is 879 g/mol. The maximum absolute atomic E-state index is 12.8. The highest BCUT2D eigenvalue weighted by molar-refractivity contribution is 7.47. The number of hydrogen-bond donors (Lipinski definition) is 7. The van der Waals surface area contributed by atoms with Gasteiger partial charge in [0.15, 0.2) is 6.10 Å². The summed E-state index contributed by atoms with van der Waals surface area (Å²) in [5.74, 6) is -1.16. The zero-order valence-corrected chi connectivity index (χ0v) is 37.8. The van der Waals surface area contributed by atoms with Crippen molar-refractivity contribution in [2.45, 2.75) is 236 Å². The van der Waals surface area contributed by atoms with Crippen LogP contribution in [0.2, 0.25) is 0 Å². The van der Waals surface area contributed by atoms with Crippen molar-refractivity contribution in [3.05, 3.63) is 24.3 Å². The summed E-state index contributed by atoms with van der Waals surface area (Å²) >= 11 is 0. The lowest BCUT2D eigenvalue weighted by atomic mass is 9.85. The molecule has 7 N–H and O–H groups in total. The van der Waals surface area contributed by atoms with E-state index in [0.29, 0.717) is 19.3 Å². The van der Waals surface area contributed by atoms with Gasteiger partial charge in [-0.2, -0.15) is 0 Å². The second-order valence-corrected chi connectivity index (χ2v) is 17.8. The van der Waals surface area contributed by atoms with Crippen LogP contribution in [0.25, 0.3) is 0 Å². The van der Waals surface area contributed by atoms with E-state index in [2.05, 4.69) is 38.2 Å². The van der Waals surface area contributed by atoms with Crippen molar-refractivity contribution in [3.8, 4) is 0 Å². The SMILES string of the molecule is CCCCC/C=C/CC(O)CCCCCCCCC(=O)OC(COC(=O)CCCCCCC/C=C\CCCCCCCC)COP(=O)(O)OC1C(O)C(O)C(O)C(O)C1O. The molecule has 0 aliphatic heterocycles. The van der Waals surface area contributed by atoms with Gasteiger partial charge in [0, 0.05) is 12.8 Å². The molecule has 0 heterocycles. The molecule has 7 unspecified atom stereocenters. The van der Waals surface area contributed by atoms with Crippen LogP contribution in [0.15, 0.2) is 24.3 Å². The highest BCUT2D eigenvalue weighted by atomic mass is 31.2. The largest absolute Gasteiger partial charge is 0.472 e. The smallest absolute Gasteiger partial charge is 0.462 e. The Morgan fingerprint density at radius 3 is 1.57 bits per heavy atom. The van der Waals surface area contributed by atoms with Crippen molar-refractivity contribution >= 4 is 19.8 Å². The van der Waals surface area contributed by atoms with Gasteiger partial charge in [-0.15, -0.1) is 0 Å². The maximum Gasteiger partial charge on any atom is 0.472 e. The van der Waals surface area contributed by atoms with Gasteiger partial charge in [-0.3, -0.25) is 18.6 Å². The molecular formula is C45H83O14P. The minimum atomic E-state index is -5.14. The molecule has 0 aromatic rings. The molecular weight excluding hydrogens is 795 g/mol. The molecule has 1 rings (SSSR count). The quantitative estimate of drug-likeness (QED) is 0.0136. The van der Waals surface area contributed by atoms with Crippen molar-refractivity contribution in [3.63, 3.8) is 0 Å². The molecule has 15 heteroatoms. The number of allylic oxidation sites excluding steroid dienone is 3. The standard InChI is InChI=1S/C45H83O14P/c1-3-5-7-9-11-12-13-14-15-16-17-18-19-24-28-32-38(47)56-34-37(35-57-60(54,55)59-45-43(52)41(50)40(49)42(51)44(45)53)58-39(48)33-29-25-21-20-23-27-31-36(46)30-26-22-10-8-6-4-2/h14-15,22,26,36-37,40-46,49-53H,3-13,16-21,23-25,27-35H2,1-2H3,(H,54,55)/b15-14-,26-22+. The molecule has 1 fully saturated rings. The minimum Gasteiger partial charge on any atom is -0.462 e. The van der Waals surface area contributed by atoms with Crippen LogP contribution in [0.5, 0.6) is 0 Å². The minimum absolute atomic E-state index is 0.0501. The van der Waals surface area contributed by atoms with Gasteiger partial charge in [-0.25, -0.2) is 4.57 Å². The van der Waals surface area contributed by atoms with E-state index in [-0.39, 0.29) is 18.9 Å². The van der Waals surface area contributed by atoms with Crippen LogP contribution in [0.1, 0.15) is 187 Å². The number of rotatable bonds is 38. The summed E-state index contributed by atoms with van der Waals surface area (Å²) in [5.41, 5.74) is 0. The predicted octanol–water partition coefficient (Wildman–Crippen LogP) is 7.81. The number of hydrogen-bond acceptors (Lipinski definition) is 13. The molecule has 60 heavy (non-hydrogen) atoms. The molecule has 0 spiro atoms. The van der Waals surface area contributed by atoms with E-state index in [1.54, 1.807) is 0 Å². The van der Waals surface area contributed by atoms with Crippen molar-refractivity contribution in [2.75, 3.05) is 13.2 Å². The van der Waals surface area contributed by atoms with Gasteiger partial charge in [-0.05, 0) is 64.2 Å². The molecule has 0 amide bonds. The normalized spacial score (nSPS) is 22.9. The van der Waals surface area contributed by atoms with Gasteiger partial charge >= 0.3 is 19.8 Å². The Labute approximate surface area is 360 Å². The summed E-state index contributed by atoms with van der Waals surface area (Å²) in [6.45, 7) is 3.18. The van der Waals surface area contributed by atoms with Gasteiger partial charge in [-0.1, -0.05) is 134 Å². The molecule has 1 aliphatic rings. The van der Waals surface area contributed by atoms with Crippen molar-refractivity contribution < 1.29 is 68.2 Å². The summed E-state index contributed by atoms with van der Waals surface area (Å²) in [7, 11) is -5.14. The Kier molecular flexibility index (Phi) is 33.5. The Balaban J connectivity index is 2.49. The van der Waals surface area contributed by atoms with E-state index >= 15 is 0 Å². The second kappa shape index (κ2) is 35.7. The first kappa shape index (κ1) is 56.3. The van der Waals surface area contributed by atoms with E-state index in [1.807, 2.05) is 0 Å². The third kappa shape index (κ3) is 28.1. The number of carbonyl (C=O) groups excluding carboxylic acids is 2. The van der Waals surface area contributed by atoms with E-state index < -0.39 is 75.7 Å². The number of unbranched alkanes of at least 4 members (excludes halogenated alkanes) is 19. The third-order valence-electron chi connectivity index (χ3n) is 10.8. The molecule has 0 aromatic carbocycles. The lowest BCUT2D eigenvalue weighted by molar-refractivity contribution is -0.220. The number of aliphatic hydroxyl groups is 6. The summed E-state index contributed by atoms with van der Waals surface area (Å²) in [6.07, 6.45) is 21.0. The summed E-state index contributed by atoms with van der Waals surface area (Å²) in [6, 6.07) is 0. The molecule has 7 atom stereocenters. The van der Waals surface area contributed by atoms with Gasteiger partial charge in [0.1, 0.15) is 43.2 Å². The zero-order chi connectivity index (χ0) is 44.4. The third-order valence-corrected chi connectivity index (χ3v) is 11.8. The topological polar surface area (TPSA) is 230 Å². The number of aliphatic hydroxyl groups excluding tert-OH is 6. The van der Waals surface area contributed by atoms with Crippen molar-refractivity contribution in [1.82, 2.24) is 0 Å². The first-order valence-corrected chi connectivity index (χ1v) is 24.7. The Hall–Kier alpha value is -1.71. The Bertz CT molecular complexity index is 1170. The van der Waals surface area contributed by atoms with Crippen LogP contribution >= 0.6 is 7.82 Å². The van der Waals surface area contributed by atoms with E-state index in [4.69, 9.17) is 18.5 Å². The fraction of sp³-hybridized carbons (Fsp3) is 0.867. The van der Waals surface area contributed by atoms with Gasteiger partial charge in [0.2, 0.25) is 0 Å². The fourth-order valence-electron chi connectivity index (χ4n) is 7.00.